The van der Waals surface area contributed by atoms with Crippen LogP contribution in [0.1, 0.15) is 10.5 Å². The highest BCUT2D eigenvalue weighted by Crippen LogP contribution is 2.23. The molecule has 88 valence electrons. The van der Waals surface area contributed by atoms with Crippen LogP contribution in [0, 0.1) is 0 Å². The fraction of sp³-hybridized carbons (Fsp3) is 0.182. The maximum atomic E-state index is 11.5. The summed E-state index contributed by atoms with van der Waals surface area (Å²) in [4.78, 5) is 15.6. The lowest BCUT2D eigenvalue weighted by atomic mass is 10.1. The molecule has 0 aliphatic carbocycles. The van der Waals surface area contributed by atoms with E-state index in [1.807, 2.05) is 0 Å². The summed E-state index contributed by atoms with van der Waals surface area (Å²) < 4.78 is 9.74. The molecule has 0 saturated heterocycles. The van der Waals surface area contributed by atoms with Gasteiger partial charge in [0, 0.05) is 12.3 Å². The maximum absolute atomic E-state index is 11.5. The highest BCUT2D eigenvalue weighted by atomic mass is 16.5. The minimum Gasteiger partial charge on any atom is -0.497 e. The lowest BCUT2D eigenvalue weighted by Crippen LogP contribution is -2.03. The average molecular weight is 233 g/mol. The van der Waals surface area contributed by atoms with Crippen molar-refractivity contribution < 1.29 is 14.3 Å². The minimum absolute atomic E-state index is 0.272. The fourth-order valence-electron chi connectivity index (χ4n) is 1.42. The molecule has 0 aromatic carbocycles. The number of methoxy groups -OCH3 is 2. The first-order chi connectivity index (χ1) is 8.26. The molecule has 0 saturated carbocycles. The van der Waals surface area contributed by atoms with Gasteiger partial charge in [-0.3, -0.25) is 10.1 Å². The van der Waals surface area contributed by atoms with E-state index in [0.29, 0.717) is 17.0 Å². The van der Waals surface area contributed by atoms with Crippen molar-refractivity contribution in [3.05, 3.63) is 30.2 Å². The number of H-pyrrole nitrogens is 1. The summed E-state index contributed by atoms with van der Waals surface area (Å²) in [7, 11) is 2.88. The van der Waals surface area contributed by atoms with Crippen molar-refractivity contribution in [1.82, 2.24) is 15.2 Å². The van der Waals surface area contributed by atoms with E-state index in [4.69, 9.17) is 4.74 Å². The number of hydrogen-bond donors (Lipinski definition) is 1. The second kappa shape index (κ2) is 4.65. The van der Waals surface area contributed by atoms with Crippen molar-refractivity contribution in [1.29, 1.82) is 0 Å². The summed E-state index contributed by atoms with van der Waals surface area (Å²) in [6, 6.07) is 3.44. The van der Waals surface area contributed by atoms with Gasteiger partial charge in [-0.25, -0.2) is 4.79 Å². The van der Waals surface area contributed by atoms with Gasteiger partial charge in [0.25, 0.3) is 0 Å². The zero-order valence-electron chi connectivity index (χ0n) is 9.43. The number of esters is 1. The zero-order valence-corrected chi connectivity index (χ0v) is 9.43. The third-order valence-corrected chi connectivity index (χ3v) is 2.27. The Morgan fingerprint density at radius 2 is 2.24 bits per heavy atom. The smallest absolute Gasteiger partial charge is 0.356 e. The van der Waals surface area contributed by atoms with Crippen molar-refractivity contribution in [2.45, 2.75) is 0 Å². The predicted molar refractivity (Wildman–Crippen MR) is 59.7 cm³/mol. The molecule has 6 heteroatoms. The molecule has 0 aliphatic heterocycles. The second-order valence-electron chi connectivity index (χ2n) is 3.23. The molecule has 6 nitrogen and oxygen atoms in total. The number of ether oxygens (including phenoxy) is 2. The van der Waals surface area contributed by atoms with Crippen molar-refractivity contribution in [3.8, 4) is 17.0 Å². The van der Waals surface area contributed by atoms with Crippen LogP contribution >= 0.6 is 0 Å². The van der Waals surface area contributed by atoms with Gasteiger partial charge in [-0.2, -0.15) is 5.10 Å². The van der Waals surface area contributed by atoms with Gasteiger partial charge in [0.05, 0.1) is 31.7 Å². The number of hydrogen-bond acceptors (Lipinski definition) is 5. The number of carbonyl (C=O) groups is 1. The molecule has 2 rings (SSSR count). The van der Waals surface area contributed by atoms with E-state index in [1.165, 1.54) is 13.3 Å². The molecule has 2 aromatic heterocycles. The van der Waals surface area contributed by atoms with Gasteiger partial charge in [0.1, 0.15) is 5.75 Å². The standard InChI is InChI=1S/C11H11N3O3/c1-16-7-3-4-12-9(5-7)8-6-13-14-10(8)11(15)17-2/h3-6H,1-2H3,(H,13,14). The Kier molecular flexibility index (Phi) is 3.04. The third-order valence-electron chi connectivity index (χ3n) is 2.27. The molecule has 0 unspecified atom stereocenters. The third kappa shape index (κ3) is 2.10. The molecule has 17 heavy (non-hydrogen) atoms. The van der Waals surface area contributed by atoms with Crippen LogP contribution in [0.3, 0.4) is 0 Å². The zero-order chi connectivity index (χ0) is 12.3. The lowest BCUT2D eigenvalue weighted by Gasteiger charge is -2.03. The van der Waals surface area contributed by atoms with E-state index in [1.54, 1.807) is 25.4 Å². The molecule has 0 fully saturated rings. The molecule has 0 spiro atoms. The van der Waals surface area contributed by atoms with Crippen LogP contribution in [0.25, 0.3) is 11.3 Å². The van der Waals surface area contributed by atoms with Crippen LogP contribution in [0.5, 0.6) is 5.75 Å². The quantitative estimate of drug-likeness (QED) is 0.808. The summed E-state index contributed by atoms with van der Waals surface area (Å²) in [6.07, 6.45) is 3.12. The van der Waals surface area contributed by atoms with E-state index < -0.39 is 5.97 Å². The highest BCUT2D eigenvalue weighted by molar-refractivity contribution is 5.94. The van der Waals surface area contributed by atoms with Crippen LogP contribution in [0.4, 0.5) is 0 Å². The Balaban J connectivity index is 2.45. The molecular formula is C11H11N3O3. The Morgan fingerprint density at radius 3 is 2.94 bits per heavy atom. The first-order valence-electron chi connectivity index (χ1n) is 4.88. The van der Waals surface area contributed by atoms with E-state index in [0.717, 1.165) is 0 Å². The average Bonchev–Trinajstić information content (AvgIpc) is 2.87. The largest absolute Gasteiger partial charge is 0.497 e. The number of nitrogens with one attached hydrogen (secondary N) is 1. The normalized spacial score (nSPS) is 10.0. The molecule has 0 aliphatic rings. The van der Waals surface area contributed by atoms with Gasteiger partial charge < -0.3 is 9.47 Å². The predicted octanol–water partition coefficient (Wildman–Crippen LogP) is 1.27. The van der Waals surface area contributed by atoms with Gasteiger partial charge in [-0.15, -0.1) is 0 Å². The van der Waals surface area contributed by atoms with Crippen LogP contribution in [0.2, 0.25) is 0 Å². The summed E-state index contributed by atoms with van der Waals surface area (Å²) in [5.41, 5.74) is 1.45. The van der Waals surface area contributed by atoms with E-state index in [2.05, 4.69) is 19.9 Å². The first-order valence-corrected chi connectivity index (χ1v) is 4.88. The molecule has 2 heterocycles. The number of pyridine rings is 1. The van der Waals surface area contributed by atoms with Crippen LogP contribution in [0.15, 0.2) is 24.5 Å². The Morgan fingerprint density at radius 1 is 1.41 bits per heavy atom. The Labute approximate surface area is 97.6 Å². The molecular weight excluding hydrogens is 222 g/mol. The summed E-state index contributed by atoms with van der Waals surface area (Å²) in [5.74, 6) is 0.175. The summed E-state index contributed by atoms with van der Waals surface area (Å²) in [5, 5.41) is 6.40. The second-order valence-corrected chi connectivity index (χ2v) is 3.23. The maximum Gasteiger partial charge on any atom is 0.356 e. The molecule has 0 atom stereocenters. The van der Waals surface area contributed by atoms with Gasteiger partial charge in [-0.1, -0.05) is 0 Å². The van der Waals surface area contributed by atoms with Gasteiger partial charge >= 0.3 is 5.97 Å². The molecule has 0 amide bonds. The molecule has 0 radical (unpaired) electrons. The highest BCUT2D eigenvalue weighted by Gasteiger charge is 2.16. The first kappa shape index (κ1) is 11.1. The van der Waals surface area contributed by atoms with E-state index in [9.17, 15) is 4.79 Å². The van der Waals surface area contributed by atoms with Crippen LogP contribution in [-0.2, 0) is 4.74 Å². The number of rotatable bonds is 3. The van der Waals surface area contributed by atoms with Crippen molar-refractivity contribution in [3.63, 3.8) is 0 Å². The van der Waals surface area contributed by atoms with Crippen LogP contribution < -0.4 is 4.74 Å². The van der Waals surface area contributed by atoms with Crippen molar-refractivity contribution in [2.75, 3.05) is 14.2 Å². The number of nitrogens with zero attached hydrogens (tertiary/aromatic N) is 2. The molecule has 1 N–H and O–H groups in total. The summed E-state index contributed by atoms with van der Waals surface area (Å²) >= 11 is 0. The van der Waals surface area contributed by atoms with E-state index in [-0.39, 0.29) is 5.69 Å². The summed E-state index contributed by atoms with van der Waals surface area (Å²) in [6.45, 7) is 0. The van der Waals surface area contributed by atoms with Crippen LogP contribution in [-0.4, -0.2) is 35.4 Å². The van der Waals surface area contributed by atoms with Crippen molar-refractivity contribution in [2.24, 2.45) is 0 Å². The molecule has 2 aromatic rings. The Hall–Kier alpha value is -2.37. The van der Waals surface area contributed by atoms with Gasteiger partial charge in [0.15, 0.2) is 5.69 Å². The number of aromatic amines is 1. The van der Waals surface area contributed by atoms with Gasteiger partial charge in [-0.05, 0) is 6.07 Å². The molecule has 0 bridgehead atoms. The number of aromatic nitrogens is 3. The number of carbonyl (C=O) groups excluding carboxylic acids is 1. The van der Waals surface area contributed by atoms with Gasteiger partial charge in [0.2, 0.25) is 0 Å². The monoisotopic (exact) mass is 233 g/mol. The topological polar surface area (TPSA) is 77.1 Å². The Bertz CT molecular complexity index is 536. The lowest BCUT2D eigenvalue weighted by molar-refractivity contribution is 0.0595. The fourth-order valence-corrected chi connectivity index (χ4v) is 1.42. The minimum atomic E-state index is -0.484. The van der Waals surface area contributed by atoms with Crippen molar-refractivity contribution >= 4 is 5.97 Å². The SMILES string of the molecule is COC(=O)c1[nH]ncc1-c1cc(OC)ccn1. The van der Waals surface area contributed by atoms with E-state index >= 15 is 0 Å².